The minimum absolute atomic E-state index is 0.286. The molecule has 106 valence electrons. The van der Waals surface area contributed by atoms with E-state index in [1.54, 1.807) is 7.11 Å². The highest BCUT2D eigenvalue weighted by Crippen LogP contribution is 2.18. The fourth-order valence-corrected chi connectivity index (χ4v) is 1.87. The third kappa shape index (κ3) is 3.42. The van der Waals surface area contributed by atoms with Gasteiger partial charge in [0, 0.05) is 12.5 Å². The lowest BCUT2D eigenvalue weighted by atomic mass is 10.1. The van der Waals surface area contributed by atoms with Crippen LogP contribution in [0.5, 0.6) is 0 Å². The number of nitrogens with one attached hydrogen (secondary N) is 1. The third-order valence-corrected chi connectivity index (χ3v) is 2.86. The molecule has 0 unspecified atom stereocenters. The van der Waals surface area contributed by atoms with Crippen LogP contribution in [-0.4, -0.2) is 36.2 Å². The van der Waals surface area contributed by atoms with Crippen molar-refractivity contribution in [2.45, 2.75) is 13.8 Å². The Bertz CT molecular complexity index is 639. The van der Waals surface area contributed by atoms with Crippen molar-refractivity contribution in [2.24, 2.45) is 10.7 Å². The van der Waals surface area contributed by atoms with Gasteiger partial charge < -0.3 is 10.5 Å². The SMILES string of the molecule is COCCN=C(N)Nc1nc(C)c2ccc(C)cc2n1. The van der Waals surface area contributed by atoms with E-state index in [9.17, 15) is 0 Å². The van der Waals surface area contributed by atoms with E-state index in [1.807, 2.05) is 32.0 Å². The summed E-state index contributed by atoms with van der Waals surface area (Å²) in [4.78, 5) is 13.0. The minimum atomic E-state index is 0.286. The molecule has 0 radical (unpaired) electrons. The topological polar surface area (TPSA) is 85.4 Å². The quantitative estimate of drug-likeness (QED) is 0.502. The van der Waals surface area contributed by atoms with Gasteiger partial charge in [0.15, 0.2) is 5.96 Å². The summed E-state index contributed by atoms with van der Waals surface area (Å²) in [5.74, 6) is 0.743. The monoisotopic (exact) mass is 273 g/mol. The predicted molar refractivity (Wildman–Crippen MR) is 81.0 cm³/mol. The lowest BCUT2D eigenvalue weighted by Gasteiger charge is -2.08. The van der Waals surface area contributed by atoms with Crippen LogP contribution in [0.1, 0.15) is 11.3 Å². The maximum absolute atomic E-state index is 5.77. The Morgan fingerprint density at radius 3 is 2.90 bits per heavy atom. The Balaban J connectivity index is 2.24. The van der Waals surface area contributed by atoms with Crippen molar-refractivity contribution in [1.29, 1.82) is 0 Å². The second-order valence-corrected chi connectivity index (χ2v) is 4.54. The van der Waals surface area contributed by atoms with Crippen molar-refractivity contribution in [3.8, 4) is 0 Å². The van der Waals surface area contributed by atoms with Crippen LogP contribution in [0, 0.1) is 13.8 Å². The molecule has 0 aliphatic heterocycles. The lowest BCUT2D eigenvalue weighted by Crippen LogP contribution is -2.24. The third-order valence-electron chi connectivity index (χ3n) is 2.86. The second-order valence-electron chi connectivity index (χ2n) is 4.54. The van der Waals surface area contributed by atoms with E-state index in [-0.39, 0.29) is 5.96 Å². The number of anilines is 1. The molecule has 20 heavy (non-hydrogen) atoms. The molecule has 0 amide bonds. The maximum atomic E-state index is 5.77. The molecule has 0 atom stereocenters. The van der Waals surface area contributed by atoms with Gasteiger partial charge in [-0.1, -0.05) is 12.1 Å². The van der Waals surface area contributed by atoms with Gasteiger partial charge in [0.25, 0.3) is 0 Å². The van der Waals surface area contributed by atoms with Crippen molar-refractivity contribution in [3.05, 3.63) is 29.5 Å². The zero-order valence-electron chi connectivity index (χ0n) is 12.0. The number of nitrogens with two attached hydrogens (primary N) is 1. The molecule has 6 nitrogen and oxygen atoms in total. The molecule has 1 heterocycles. The number of methoxy groups -OCH3 is 1. The van der Waals surface area contributed by atoms with Crippen molar-refractivity contribution >= 4 is 22.8 Å². The first-order valence-corrected chi connectivity index (χ1v) is 6.41. The van der Waals surface area contributed by atoms with E-state index in [0.717, 1.165) is 22.2 Å². The molecule has 6 heteroatoms. The van der Waals surface area contributed by atoms with Crippen LogP contribution in [0.2, 0.25) is 0 Å². The molecule has 1 aromatic heterocycles. The number of guanidine groups is 1. The number of fused-ring (bicyclic) bond motifs is 1. The number of rotatable bonds is 4. The summed E-state index contributed by atoms with van der Waals surface area (Å²) in [7, 11) is 1.62. The van der Waals surface area contributed by atoms with Crippen molar-refractivity contribution in [2.75, 3.05) is 25.6 Å². The maximum Gasteiger partial charge on any atom is 0.230 e. The lowest BCUT2D eigenvalue weighted by molar-refractivity contribution is 0.208. The van der Waals surface area contributed by atoms with Gasteiger partial charge >= 0.3 is 0 Å². The normalized spacial score (nSPS) is 11.8. The van der Waals surface area contributed by atoms with E-state index < -0.39 is 0 Å². The molecule has 0 spiro atoms. The first-order valence-electron chi connectivity index (χ1n) is 6.41. The molecule has 3 N–H and O–H groups in total. The summed E-state index contributed by atoms with van der Waals surface area (Å²) in [5.41, 5.74) is 8.73. The first kappa shape index (κ1) is 14.2. The molecule has 0 bridgehead atoms. The van der Waals surface area contributed by atoms with Crippen LogP contribution in [0.25, 0.3) is 10.9 Å². The molecule has 2 rings (SSSR count). The fraction of sp³-hybridized carbons (Fsp3) is 0.357. The number of nitrogens with zero attached hydrogens (tertiary/aromatic N) is 3. The van der Waals surface area contributed by atoms with Gasteiger partial charge in [0.2, 0.25) is 5.95 Å². The largest absolute Gasteiger partial charge is 0.383 e. The number of benzene rings is 1. The van der Waals surface area contributed by atoms with Crippen molar-refractivity contribution in [1.82, 2.24) is 9.97 Å². The molecule has 0 aliphatic carbocycles. The highest BCUT2D eigenvalue weighted by Gasteiger charge is 2.05. The van der Waals surface area contributed by atoms with Crippen molar-refractivity contribution < 1.29 is 4.74 Å². The van der Waals surface area contributed by atoms with Gasteiger partial charge in [0.05, 0.1) is 24.4 Å². The van der Waals surface area contributed by atoms with Crippen LogP contribution in [-0.2, 0) is 4.74 Å². The Kier molecular flexibility index (Phi) is 4.47. The molecule has 2 aromatic rings. The summed E-state index contributed by atoms with van der Waals surface area (Å²) in [6.07, 6.45) is 0. The Morgan fingerprint density at radius 1 is 1.35 bits per heavy atom. The van der Waals surface area contributed by atoms with Crippen LogP contribution in [0.4, 0.5) is 5.95 Å². The summed E-state index contributed by atoms with van der Waals surface area (Å²) in [5, 5.41) is 3.94. The number of hydrogen-bond acceptors (Lipinski definition) is 4. The fourth-order valence-electron chi connectivity index (χ4n) is 1.87. The number of aryl methyl sites for hydroxylation is 2. The Morgan fingerprint density at radius 2 is 2.15 bits per heavy atom. The Hall–Kier alpha value is -2.21. The number of aliphatic imine (C=N–C) groups is 1. The van der Waals surface area contributed by atoms with E-state index in [1.165, 1.54) is 0 Å². The molecular weight excluding hydrogens is 254 g/mol. The predicted octanol–water partition coefficient (Wildman–Crippen LogP) is 1.62. The van der Waals surface area contributed by atoms with Gasteiger partial charge in [-0.2, -0.15) is 0 Å². The smallest absolute Gasteiger partial charge is 0.230 e. The van der Waals surface area contributed by atoms with Gasteiger partial charge in [-0.05, 0) is 25.5 Å². The second kappa shape index (κ2) is 6.29. The van der Waals surface area contributed by atoms with Crippen LogP contribution >= 0.6 is 0 Å². The van der Waals surface area contributed by atoms with E-state index in [0.29, 0.717) is 19.1 Å². The van der Waals surface area contributed by atoms with Crippen LogP contribution in [0.3, 0.4) is 0 Å². The summed E-state index contributed by atoms with van der Waals surface area (Å²) < 4.78 is 4.91. The van der Waals surface area contributed by atoms with Crippen molar-refractivity contribution in [3.63, 3.8) is 0 Å². The van der Waals surface area contributed by atoms with E-state index >= 15 is 0 Å². The van der Waals surface area contributed by atoms with Gasteiger partial charge in [-0.25, -0.2) is 9.97 Å². The summed E-state index contributed by atoms with van der Waals surface area (Å²) in [6.45, 7) is 5.01. The van der Waals surface area contributed by atoms with E-state index in [4.69, 9.17) is 10.5 Å². The van der Waals surface area contributed by atoms with E-state index in [2.05, 4.69) is 20.3 Å². The highest BCUT2D eigenvalue weighted by molar-refractivity contribution is 5.92. The molecule has 0 saturated carbocycles. The zero-order chi connectivity index (χ0) is 14.5. The van der Waals surface area contributed by atoms with Crippen LogP contribution < -0.4 is 11.1 Å². The average molecular weight is 273 g/mol. The van der Waals surface area contributed by atoms with Gasteiger partial charge in [-0.15, -0.1) is 0 Å². The highest BCUT2D eigenvalue weighted by atomic mass is 16.5. The number of hydrogen-bond donors (Lipinski definition) is 2. The summed E-state index contributed by atoms with van der Waals surface area (Å²) >= 11 is 0. The standard InChI is InChI=1S/C14H19N5O/c1-9-4-5-11-10(2)17-14(18-12(11)8-9)19-13(15)16-6-7-20-3/h4-5,8H,6-7H2,1-3H3,(H3,15,16,17,18,19). The molecule has 1 aromatic carbocycles. The molecule has 0 fully saturated rings. The van der Waals surface area contributed by atoms with Crippen LogP contribution in [0.15, 0.2) is 23.2 Å². The summed E-state index contributed by atoms with van der Waals surface area (Å²) in [6, 6.07) is 6.10. The average Bonchev–Trinajstić information content (AvgIpc) is 2.38. The number of aromatic nitrogens is 2. The molecule has 0 saturated heterocycles. The van der Waals surface area contributed by atoms with Gasteiger partial charge in [-0.3, -0.25) is 10.3 Å². The number of ether oxygens (including phenoxy) is 1. The zero-order valence-corrected chi connectivity index (χ0v) is 12.0. The molecular formula is C14H19N5O. The minimum Gasteiger partial charge on any atom is -0.383 e. The Labute approximate surface area is 118 Å². The van der Waals surface area contributed by atoms with Gasteiger partial charge in [0.1, 0.15) is 0 Å². The molecule has 0 aliphatic rings. The first-order chi connectivity index (χ1) is 9.60.